The summed E-state index contributed by atoms with van der Waals surface area (Å²) >= 11 is 0. The van der Waals surface area contributed by atoms with E-state index in [1.807, 2.05) is 0 Å². The molecular formula is C15H19F3N2O3. The van der Waals surface area contributed by atoms with Crippen LogP contribution in [-0.2, 0) is 15.7 Å². The van der Waals surface area contributed by atoms with Crippen molar-refractivity contribution in [3.8, 4) is 0 Å². The summed E-state index contributed by atoms with van der Waals surface area (Å²) in [7, 11) is 0. The van der Waals surface area contributed by atoms with Gasteiger partial charge in [0.25, 0.3) is 0 Å². The highest BCUT2D eigenvalue weighted by Crippen LogP contribution is 2.31. The van der Waals surface area contributed by atoms with E-state index in [2.05, 4.69) is 10.3 Å². The van der Waals surface area contributed by atoms with Crippen molar-refractivity contribution in [3.63, 3.8) is 0 Å². The van der Waals surface area contributed by atoms with Gasteiger partial charge in [-0.05, 0) is 45.9 Å². The summed E-state index contributed by atoms with van der Waals surface area (Å²) < 4.78 is 48.7. The molecule has 1 heterocycles. The highest BCUT2D eigenvalue weighted by molar-refractivity contribution is 5.84. The van der Waals surface area contributed by atoms with E-state index in [1.165, 1.54) is 12.3 Å². The van der Waals surface area contributed by atoms with Crippen LogP contribution in [0.1, 0.15) is 39.0 Å². The zero-order valence-electron chi connectivity index (χ0n) is 13.3. The Morgan fingerprint density at radius 3 is 2.48 bits per heavy atom. The number of amides is 1. The fourth-order valence-corrected chi connectivity index (χ4v) is 1.49. The number of hydrogen-bond acceptors (Lipinski definition) is 4. The van der Waals surface area contributed by atoms with Gasteiger partial charge in [-0.3, -0.25) is 5.32 Å². The third-order valence-corrected chi connectivity index (χ3v) is 2.30. The molecule has 23 heavy (non-hydrogen) atoms. The van der Waals surface area contributed by atoms with E-state index in [0.717, 1.165) is 12.1 Å². The SMILES string of the molecule is CCO/C=C/c1cc(C(F)(F)F)cc(NC(=O)OC(C)(C)C)n1. The maximum atomic E-state index is 12.9. The van der Waals surface area contributed by atoms with Crippen LogP contribution < -0.4 is 5.32 Å². The van der Waals surface area contributed by atoms with Crippen LogP contribution >= 0.6 is 0 Å². The van der Waals surface area contributed by atoms with Crippen molar-refractivity contribution < 1.29 is 27.4 Å². The van der Waals surface area contributed by atoms with Gasteiger partial charge in [-0.15, -0.1) is 0 Å². The molecule has 0 aromatic carbocycles. The van der Waals surface area contributed by atoms with Crippen LogP contribution in [0.5, 0.6) is 0 Å². The molecule has 0 aliphatic heterocycles. The number of carbonyl (C=O) groups is 1. The molecule has 0 radical (unpaired) electrons. The smallest absolute Gasteiger partial charge is 0.416 e. The minimum Gasteiger partial charge on any atom is -0.501 e. The number of hydrogen-bond donors (Lipinski definition) is 1. The van der Waals surface area contributed by atoms with Gasteiger partial charge in [-0.1, -0.05) is 0 Å². The summed E-state index contributed by atoms with van der Waals surface area (Å²) in [6, 6.07) is 1.59. The van der Waals surface area contributed by atoms with E-state index in [0.29, 0.717) is 6.61 Å². The molecular weight excluding hydrogens is 313 g/mol. The number of alkyl halides is 3. The normalized spacial score (nSPS) is 12.3. The fraction of sp³-hybridized carbons (Fsp3) is 0.467. The number of aromatic nitrogens is 1. The largest absolute Gasteiger partial charge is 0.501 e. The topological polar surface area (TPSA) is 60.5 Å². The van der Waals surface area contributed by atoms with Gasteiger partial charge in [0.15, 0.2) is 0 Å². The van der Waals surface area contributed by atoms with Gasteiger partial charge in [0.05, 0.1) is 24.1 Å². The lowest BCUT2D eigenvalue weighted by atomic mass is 10.2. The van der Waals surface area contributed by atoms with Crippen LogP contribution in [-0.4, -0.2) is 23.3 Å². The maximum Gasteiger partial charge on any atom is 0.416 e. The minimum absolute atomic E-state index is 0.000617. The number of halogens is 3. The molecule has 0 unspecified atom stereocenters. The molecule has 5 nitrogen and oxygen atoms in total. The Hall–Kier alpha value is -2.25. The molecule has 1 aromatic rings. The quantitative estimate of drug-likeness (QED) is 0.827. The van der Waals surface area contributed by atoms with Crippen molar-refractivity contribution in [2.24, 2.45) is 0 Å². The van der Waals surface area contributed by atoms with E-state index in [4.69, 9.17) is 9.47 Å². The van der Waals surface area contributed by atoms with Crippen LogP contribution in [0.4, 0.5) is 23.8 Å². The van der Waals surface area contributed by atoms with Crippen LogP contribution in [0.3, 0.4) is 0 Å². The highest BCUT2D eigenvalue weighted by atomic mass is 19.4. The van der Waals surface area contributed by atoms with Crippen molar-refractivity contribution in [3.05, 3.63) is 29.7 Å². The molecule has 0 saturated heterocycles. The van der Waals surface area contributed by atoms with Gasteiger partial charge in [-0.25, -0.2) is 9.78 Å². The number of carbonyl (C=O) groups excluding carboxylic acids is 1. The lowest BCUT2D eigenvalue weighted by molar-refractivity contribution is -0.137. The maximum absolute atomic E-state index is 12.9. The number of anilines is 1. The Balaban J connectivity index is 3.06. The average molecular weight is 332 g/mol. The predicted octanol–water partition coefficient (Wildman–Crippen LogP) is 4.45. The first-order valence-corrected chi connectivity index (χ1v) is 6.88. The molecule has 0 aliphatic carbocycles. The molecule has 0 atom stereocenters. The summed E-state index contributed by atoms with van der Waals surface area (Å²) in [6.45, 7) is 7.03. The Morgan fingerprint density at radius 2 is 1.96 bits per heavy atom. The molecule has 128 valence electrons. The standard InChI is InChI=1S/C15H19F3N2O3/c1-5-22-7-6-11-8-10(15(16,17)18)9-12(19-11)20-13(21)23-14(2,3)4/h6-9H,5H2,1-4H3,(H,19,20,21)/b7-6+. The second kappa shape index (κ2) is 7.34. The van der Waals surface area contributed by atoms with Crippen molar-refractivity contribution in [2.75, 3.05) is 11.9 Å². The first-order valence-electron chi connectivity index (χ1n) is 6.88. The molecule has 0 saturated carbocycles. The van der Waals surface area contributed by atoms with Crippen molar-refractivity contribution in [1.82, 2.24) is 4.98 Å². The minimum atomic E-state index is -4.57. The van der Waals surface area contributed by atoms with E-state index in [-0.39, 0.29) is 11.5 Å². The molecule has 1 rings (SSSR count). The van der Waals surface area contributed by atoms with E-state index in [9.17, 15) is 18.0 Å². The Kier molecular flexibility index (Phi) is 6.00. The molecule has 1 amide bonds. The van der Waals surface area contributed by atoms with Crippen LogP contribution in [0.25, 0.3) is 6.08 Å². The van der Waals surface area contributed by atoms with Gasteiger partial charge in [-0.2, -0.15) is 13.2 Å². The average Bonchev–Trinajstić information content (AvgIpc) is 2.35. The lowest BCUT2D eigenvalue weighted by Gasteiger charge is -2.19. The third-order valence-electron chi connectivity index (χ3n) is 2.30. The second-order valence-electron chi connectivity index (χ2n) is 5.55. The van der Waals surface area contributed by atoms with E-state index < -0.39 is 23.4 Å². The monoisotopic (exact) mass is 332 g/mol. The summed E-state index contributed by atoms with van der Waals surface area (Å²) in [5.41, 5.74) is -1.71. The van der Waals surface area contributed by atoms with Crippen LogP contribution in [0.2, 0.25) is 0 Å². The molecule has 0 fully saturated rings. The van der Waals surface area contributed by atoms with Gasteiger partial charge >= 0.3 is 12.3 Å². The number of nitrogens with one attached hydrogen (secondary N) is 1. The molecule has 1 aromatic heterocycles. The number of ether oxygens (including phenoxy) is 2. The number of pyridine rings is 1. The number of rotatable bonds is 4. The highest BCUT2D eigenvalue weighted by Gasteiger charge is 2.31. The molecule has 8 heteroatoms. The first-order chi connectivity index (χ1) is 10.5. The lowest BCUT2D eigenvalue weighted by Crippen LogP contribution is -2.27. The second-order valence-corrected chi connectivity index (χ2v) is 5.55. The van der Waals surface area contributed by atoms with Gasteiger partial charge in [0, 0.05) is 0 Å². The zero-order valence-corrected chi connectivity index (χ0v) is 13.3. The Labute approximate surface area is 132 Å². The van der Waals surface area contributed by atoms with Crippen LogP contribution in [0, 0.1) is 0 Å². The van der Waals surface area contributed by atoms with Crippen molar-refractivity contribution in [1.29, 1.82) is 0 Å². The molecule has 1 N–H and O–H groups in total. The summed E-state index contributed by atoms with van der Waals surface area (Å²) in [6.07, 6.45) is -2.94. The van der Waals surface area contributed by atoms with Gasteiger partial charge < -0.3 is 9.47 Å². The fourth-order valence-electron chi connectivity index (χ4n) is 1.49. The Bertz CT molecular complexity index is 578. The summed E-state index contributed by atoms with van der Waals surface area (Å²) in [5, 5.41) is 2.19. The van der Waals surface area contributed by atoms with Gasteiger partial charge in [0.1, 0.15) is 11.4 Å². The van der Waals surface area contributed by atoms with Gasteiger partial charge in [0.2, 0.25) is 0 Å². The predicted molar refractivity (Wildman–Crippen MR) is 79.8 cm³/mol. The first kappa shape index (κ1) is 18.8. The van der Waals surface area contributed by atoms with Crippen LogP contribution in [0.15, 0.2) is 18.4 Å². The van der Waals surface area contributed by atoms with Crippen molar-refractivity contribution in [2.45, 2.75) is 39.5 Å². The summed E-state index contributed by atoms with van der Waals surface area (Å²) in [4.78, 5) is 15.6. The van der Waals surface area contributed by atoms with E-state index in [1.54, 1.807) is 27.7 Å². The third kappa shape index (κ3) is 7.03. The number of nitrogens with zero attached hydrogens (tertiary/aromatic N) is 1. The Morgan fingerprint density at radius 1 is 1.30 bits per heavy atom. The molecule has 0 spiro atoms. The summed E-state index contributed by atoms with van der Waals surface area (Å²) in [5.74, 6) is -0.259. The molecule has 0 bridgehead atoms. The molecule has 0 aliphatic rings. The van der Waals surface area contributed by atoms with Crippen molar-refractivity contribution >= 4 is 18.0 Å². The van der Waals surface area contributed by atoms with E-state index >= 15 is 0 Å². The zero-order chi connectivity index (χ0) is 17.7.